The number of likely N-dealkylation sites (tertiary alicyclic amines) is 1. The van der Waals surface area contributed by atoms with Crippen molar-refractivity contribution >= 4 is 46.3 Å². The first-order valence-corrected chi connectivity index (χ1v) is 15.3. The van der Waals surface area contributed by atoms with Gasteiger partial charge in [-0.15, -0.1) is 11.3 Å². The molecule has 2 atom stereocenters. The zero-order valence-electron chi connectivity index (χ0n) is 24.1. The largest absolute Gasteiger partial charge is 0.331 e. The van der Waals surface area contributed by atoms with Crippen LogP contribution in [0.3, 0.4) is 0 Å². The van der Waals surface area contributed by atoms with Crippen molar-refractivity contribution in [3.8, 4) is 21.8 Å². The van der Waals surface area contributed by atoms with Gasteiger partial charge in [0.1, 0.15) is 17.1 Å². The van der Waals surface area contributed by atoms with Crippen LogP contribution in [0.25, 0.3) is 21.8 Å². The van der Waals surface area contributed by atoms with Gasteiger partial charge in [-0.3, -0.25) is 19.2 Å². The molecule has 0 spiro atoms. The molecule has 3 aromatic carbocycles. The van der Waals surface area contributed by atoms with Crippen molar-refractivity contribution in [2.45, 2.75) is 31.8 Å². The zero-order chi connectivity index (χ0) is 30.6. The summed E-state index contributed by atoms with van der Waals surface area (Å²) in [4.78, 5) is 58.5. The van der Waals surface area contributed by atoms with Crippen LogP contribution in [-0.2, 0) is 14.4 Å². The average Bonchev–Trinajstić information content (AvgIpc) is 3.83. The predicted molar refractivity (Wildman–Crippen MR) is 171 cm³/mol. The van der Waals surface area contributed by atoms with Crippen LogP contribution < -0.4 is 10.6 Å². The van der Waals surface area contributed by atoms with Gasteiger partial charge in [-0.1, -0.05) is 42.5 Å². The van der Waals surface area contributed by atoms with Crippen LogP contribution in [-0.4, -0.2) is 63.6 Å². The second kappa shape index (κ2) is 12.6. The first kappa shape index (κ1) is 29.0. The van der Waals surface area contributed by atoms with Gasteiger partial charge in [-0.25, -0.2) is 4.98 Å². The van der Waals surface area contributed by atoms with Gasteiger partial charge in [-0.05, 0) is 61.4 Å². The lowest BCUT2D eigenvalue weighted by Crippen LogP contribution is -2.43. The first-order valence-electron chi connectivity index (χ1n) is 14.5. The lowest BCUT2D eigenvalue weighted by molar-refractivity contribution is -0.134. The van der Waals surface area contributed by atoms with Crippen LogP contribution in [0.1, 0.15) is 30.1 Å². The molecule has 4 amide bonds. The fourth-order valence-electron chi connectivity index (χ4n) is 5.52. The molecular formula is C34H31N5O4S. The zero-order valence-corrected chi connectivity index (χ0v) is 24.9. The van der Waals surface area contributed by atoms with E-state index in [1.54, 1.807) is 40.1 Å². The van der Waals surface area contributed by atoms with Gasteiger partial charge in [0.05, 0.1) is 5.69 Å². The maximum absolute atomic E-state index is 13.1. The number of benzene rings is 3. The van der Waals surface area contributed by atoms with Crippen molar-refractivity contribution in [1.29, 1.82) is 0 Å². The molecule has 9 nitrogen and oxygen atoms in total. The summed E-state index contributed by atoms with van der Waals surface area (Å²) in [5.74, 6) is -0.706. The van der Waals surface area contributed by atoms with Crippen molar-refractivity contribution in [3.05, 3.63) is 102 Å². The molecule has 3 heterocycles. The van der Waals surface area contributed by atoms with Crippen molar-refractivity contribution in [3.63, 3.8) is 0 Å². The highest BCUT2D eigenvalue weighted by atomic mass is 32.1. The summed E-state index contributed by atoms with van der Waals surface area (Å²) in [6.07, 6.45) is 5.08. The number of hydrogen-bond acceptors (Lipinski definition) is 6. The number of carbonyl (C=O) groups excluding carboxylic acids is 4. The molecule has 44 heavy (non-hydrogen) atoms. The molecule has 1 fully saturated rings. The summed E-state index contributed by atoms with van der Waals surface area (Å²) in [6.45, 7) is 2.49. The quantitative estimate of drug-likeness (QED) is 0.272. The van der Waals surface area contributed by atoms with Crippen LogP contribution in [0.4, 0.5) is 11.4 Å². The molecule has 0 radical (unpaired) electrons. The Hall–Kier alpha value is -5.09. The number of nitrogens with zero attached hydrogens (tertiary/aromatic N) is 3. The molecule has 4 aromatic rings. The third kappa shape index (κ3) is 6.16. The van der Waals surface area contributed by atoms with Crippen LogP contribution in [0.15, 0.2) is 96.4 Å². The molecule has 0 saturated carbocycles. The first-order chi connectivity index (χ1) is 21.4. The molecule has 2 aliphatic rings. The molecule has 2 N–H and O–H groups in total. The van der Waals surface area contributed by atoms with Crippen molar-refractivity contribution in [2.24, 2.45) is 0 Å². The lowest BCUT2D eigenvalue weighted by atomic mass is 10.1. The fraction of sp³-hybridized carbons (Fsp3) is 0.206. The summed E-state index contributed by atoms with van der Waals surface area (Å²) in [6, 6.07) is 22.8. The van der Waals surface area contributed by atoms with Gasteiger partial charge in [-0.2, -0.15) is 0 Å². The minimum Gasteiger partial charge on any atom is -0.331 e. The van der Waals surface area contributed by atoms with E-state index in [0.717, 1.165) is 28.2 Å². The highest BCUT2D eigenvalue weighted by Gasteiger charge is 2.33. The molecule has 0 aliphatic carbocycles. The third-order valence-electron chi connectivity index (χ3n) is 7.82. The molecule has 0 bridgehead atoms. The number of nitrogens with one attached hydrogen (secondary N) is 2. The Bertz CT molecular complexity index is 1720. The molecule has 1 aromatic heterocycles. The number of hydrogen-bond donors (Lipinski definition) is 2. The van der Waals surface area contributed by atoms with Gasteiger partial charge >= 0.3 is 0 Å². The second-order valence-electron chi connectivity index (χ2n) is 10.7. The summed E-state index contributed by atoms with van der Waals surface area (Å²) in [5, 5.41) is 8.67. The van der Waals surface area contributed by atoms with E-state index in [1.165, 1.54) is 18.3 Å². The standard InChI is InChI=1S/C34H31N5O4S/c1-22(40)38-19-5-9-29(38)31(41)35-27-17-13-24(14-18-27)33-37-28(21-44-33)23-11-15-26(16-12-23)36-32(42)30-10-6-20-39(30)34(43)25-7-3-2-4-8-25/h2-4,6-8,10-18,21,29-30H,5,9,19-20H2,1H3,(H,35,41)(H,36,42)/t29-,30?/m0/s1. The Morgan fingerprint density at radius 3 is 2.16 bits per heavy atom. The van der Waals surface area contributed by atoms with Gasteiger partial charge in [0.2, 0.25) is 11.8 Å². The molecule has 222 valence electrons. The molecule has 2 aliphatic heterocycles. The van der Waals surface area contributed by atoms with Crippen molar-refractivity contribution in [2.75, 3.05) is 23.7 Å². The Labute approximate surface area is 259 Å². The molecule has 1 unspecified atom stereocenters. The highest BCUT2D eigenvalue weighted by molar-refractivity contribution is 7.13. The van der Waals surface area contributed by atoms with E-state index >= 15 is 0 Å². The Morgan fingerprint density at radius 2 is 1.48 bits per heavy atom. The topological polar surface area (TPSA) is 112 Å². The second-order valence-corrected chi connectivity index (χ2v) is 11.6. The maximum atomic E-state index is 13.1. The Morgan fingerprint density at radius 1 is 0.818 bits per heavy atom. The summed E-state index contributed by atoms with van der Waals surface area (Å²) >= 11 is 1.52. The van der Waals surface area contributed by atoms with Gasteiger partial charge in [0.25, 0.3) is 11.8 Å². The van der Waals surface area contributed by atoms with Crippen LogP contribution in [0.5, 0.6) is 0 Å². The van der Waals surface area contributed by atoms with E-state index < -0.39 is 12.1 Å². The number of carbonyl (C=O) groups is 4. The van der Waals surface area contributed by atoms with E-state index in [-0.39, 0.29) is 23.6 Å². The fourth-order valence-corrected chi connectivity index (χ4v) is 6.36. The predicted octanol–water partition coefficient (Wildman–Crippen LogP) is 5.45. The van der Waals surface area contributed by atoms with Crippen molar-refractivity contribution in [1.82, 2.24) is 14.8 Å². The van der Waals surface area contributed by atoms with Crippen LogP contribution >= 0.6 is 11.3 Å². The minimum atomic E-state index is -0.680. The lowest BCUT2D eigenvalue weighted by Gasteiger charge is -2.24. The molecule has 10 heteroatoms. The number of anilines is 2. The number of aromatic nitrogens is 1. The summed E-state index contributed by atoms with van der Waals surface area (Å²) in [5.41, 5.74) is 4.48. The van der Waals surface area contributed by atoms with Crippen LogP contribution in [0, 0.1) is 0 Å². The molecular weight excluding hydrogens is 574 g/mol. The Kier molecular flexibility index (Phi) is 8.33. The van der Waals surface area contributed by atoms with E-state index in [4.69, 9.17) is 4.98 Å². The summed E-state index contributed by atoms with van der Waals surface area (Å²) < 4.78 is 0. The van der Waals surface area contributed by atoms with E-state index in [9.17, 15) is 19.2 Å². The SMILES string of the molecule is CC(=O)N1CCC[C@H]1C(=O)Nc1ccc(-c2nc(-c3ccc(NC(=O)C4C=CCN4C(=O)c4ccccc4)cc3)cs2)cc1. The third-order valence-corrected chi connectivity index (χ3v) is 8.71. The molecule has 6 rings (SSSR count). The van der Waals surface area contributed by atoms with E-state index in [2.05, 4.69) is 10.6 Å². The average molecular weight is 606 g/mol. The van der Waals surface area contributed by atoms with E-state index in [1.807, 2.05) is 66.1 Å². The normalized spacial score (nSPS) is 17.5. The molecule has 1 saturated heterocycles. The number of amides is 4. The number of rotatable bonds is 7. The van der Waals surface area contributed by atoms with Crippen LogP contribution in [0.2, 0.25) is 0 Å². The monoisotopic (exact) mass is 605 g/mol. The highest BCUT2D eigenvalue weighted by Crippen LogP contribution is 2.30. The van der Waals surface area contributed by atoms with Gasteiger partial charge < -0.3 is 20.4 Å². The Balaban J connectivity index is 1.06. The number of thiazole rings is 1. The smallest absolute Gasteiger partial charge is 0.255 e. The van der Waals surface area contributed by atoms with Gasteiger partial charge in [0, 0.05) is 53.5 Å². The minimum absolute atomic E-state index is 0.0815. The summed E-state index contributed by atoms with van der Waals surface area (Å²) in [7, 11) is 0. The van der Waals surface area contributed by atoms with Crippen molar-refractivity contribution < 1.29 is 19.2 Å². The van der Waals surface area contributed by atoms with Gasteiger partial charge in [0.15, 0.2) is 0 Å². The maximum Gasteiger partial charge on any atom is 0.255 e. The van der Waals surface area contributed by atoms with E-state index in [0.29, 0.717) is 36.4 Å².